The molecule has 1 aliphatic rings. The molecule has 27 heavy (non-hydrogen) atoms. The van der Waals surface area contributed by atoms with Gasteiger partial charge < -0.3 is 14.8 Å². The van der Waals surface area contributed by atoms with Crippen LogP contribution in [0.15, 0.2) is 54.6 Å². The molecule has 1 aliphatic heterocycles. The summed E-state index contributed by atoms with van der Waals surface area (Å²) in [5.41, 5.74) is 2.71. The highest BCUT2D eigenvalue weighted by Crippen LogP contribution is 2.23. The van der Waals surface area contributed by atoms with Crippen molar-refractivity contribution in [2.75, 3.05) is 19.0 Å². The molecule has 1 fully saturated rings. The third-order valence-corrected chi connectivity index (χ3v) is 4.66. The summed E-state index contributed by atoms with van der Waals surface area (Å²) < 4.78 is 10.8. The molecule has 3 rings (SSSR count). The molecule has 2 atom stereocenters. The van der Waals surface area contributed by atoms with Gasteiger partial charge in [0.2, 0.25) is 5.91 Å². The molecular weight excluding hydrogens is 344 g/mol. The van der Waals surface area contributed by atoms with Crippen LogP contribution >= 0.6 is 0 Å². The molecule has 1 heterocycles. The largest absolute Gasteiger partial charge is 0.445 e. The number of hydrogen-bond acceptors (Lipinski definition) is 4. The molecule has 0 aromatic heterocycles. The number of aryl methyl sites for hydroxylation is 1. The van der Waals surface area contributed by atoms with E-state index in [1.807, 2.05) is 61.5 Å². The van der Waals surface area contributed by atoms with E-state index < -0.39 is 12.1 Å². The van der Waals surface area contributed by atoms with Crippen LogP contribution in [0.2, 0.25) is 0 Å². The van der Waals surface area contributed by atoms with Gasteiger partial charge in [-0.05, 0) is 24.6 Å². The van der Waals surface area contributed by atoms with Crippen molar-refractivity contribution in [3.05, 3.63) is 65.7 Å². The Balaban J connectivity index is 1.65. The van der Waals surface area contributed by atoms with Crippen LogP contribution in [0.1, 0.15) is 17.5 Å². The minimum Gasteiger partial charge on any atom is -0.445 e. The van der Waals surface area contributed by atoms with E-state index in [0.29, 0.717) is 18.7 Å². The van der Waals surface area contributed by atoms with E-state index in [-0.39, 0.29) is 18.6 Å². The number of hydrogen-bond donors (Lipinski definition) is 1. The Morgan fingerprint density at radius 2 is 1.81 bits per heavy atom. The molecule has 6 heteroatoms. The highest BCUT2D eigenvalue weighted by atomic mass is 16.6. The van der Waals surface area contributed by atoms with Crippen LogP contribution in [0.4, 0.5) is 10.5 Å². The van der Waals surface area contributed by atoms with Crippen molar-refractivity contribution in [1.82, 2.24) is 4.90 Å². The second kappa shape index (κ2) is 8.68. The maximum Gasteiger partial charge on any atom is 0.410 e. The molecule has 142 valence electrons. The Bertz CT molecular complexity index is 777. The first-order chi connectivity index (χ1) is 13.1. The predicted molar refractivity (Wildman–Crippen MR) is 102 cm³/mol. The van der Waals surface area contributed by atoms with Crippen LogP contribution < -0.4 is 5.32 Å². The van der Waals surface area contributed by atoms with Gasteiger partial charge in [-0.3, -0.25) is 9.69 Å². The highest BCUT2D eigenvalue weighted by Gasteiger charge is 2.40. The maximum absolute atomic E-state index is 12.7. The number of methoxy groups -OCH3 is 1. The average Bonchev–Trinajstić information content (AvgIpc) is 3.13. The fraction of sp³-hybridized carbons (Fsp3) is 0.333. The van der Waals surface area contributed by atoms with Gasteiger partial charge in [-0.15, -0.1) is 0 Å². The zero-order valence-corrected chi connectivity index (χ0v) is 15.6. The molecule has 0 bridgehead atoms. The molecule has 0 aliphatic carbocycles. The van der Waals surface area contributed by atoms with Gasteiger partial charge in [0, 0.05) is 19.2 Å². The number of carbonyl (C=O) groups excluding carboxylic acids is 2. The van der Waals surface area contributed by atoms with E-state index in [2.05, 4.69) is 5.32 Å². The number of rotatable bonds is 5. The lowest BCUT2D eigenvalue weighted by Gasteiger charge is -2.23. The summed E-state index contributed by atoms with van der Waals surface area (Å²) in [7, 11) is 1.58. The molecular formula is C21H24N2O4. The Labute approximate surface area is 159 Å². The molecule has 2 aromatic rings. The molecule has 0 radical (unpaired) electrons. The van der Waals surface area contributed by atoms with Gasteiger partial charge in [0.05, 0.1) is 12.6 Å². The number of carbonyl (C=O) groups is 2. The smallest absolute Gasteiger partial charge is 0.410 e. The lowest BCUT2D eigenvalue weighted by molar-refractivity contribution is -0.120. The van der Waals surface area contributed by atoms with Gasteiger partial charge >= 0.3 is 6.09 Å². The van der Waals surface area contributed by atoms with Crippen molar-refractivity contribution in [2.24, 2.45) is 0 Å². The first-order valence-corrected chi connectivity index (χ1v) is 8.94. The molecule has 6 nitrogen and oxygen atoms in total. The van der Waals surface area contributed by atoms with Gasteiger partial charge in [0.15, 0.2) is 0 Å². The van der Waals surface area contributed by atoms with Crippen molar-refractivity contribution >= 4 is 17.7 Å². The lowest BCUT2D eigenvalue weighted by Crippen LogP contribution is -2.43. The summed E-state index contributed by atoms with van der Waals surface area (Å²) in [5.74, 6) is -0.241. The molecule has 2 unspecified atom stereocenters. The van der Waals surface area contributed by atoms with Crippen LogP contribution in [0, 0.1) is 6.92 Å². The highest BCUT2D eigenvalue weighted by molar-refractivity contribution is 5.97. The van der Waals surface area contributed by atoms with E-state index in [1.54, 1.807) is 7.11 Å². The van der Waals surface area contributed by atoms with E-state index in [1.165, 1.54) is 4.90 Å². The number of amides is 2. The van der Waals surface area contributed by atoms with Crippen LogP contribution in [-0.4, -0.2) is 42.7 Å². The van der Waals surface area contributed by atoms with Gasteiger partial charge in [-0.25, -0.2) is 4.79 Å². The Hall–Kier alpha value is -2.86. The topological polar surface area (TPSA) is 67.9 Å². The van der Waals surface area contributed by atoms with Crippen LogP contribution in [-0.2, 0) is 20.9 Å². The van der Waals surface area contributed by atoms with Crippen molar-refractivity contribution in [3.8, 4) is 0 Å². The Morgan fingerprint density at radius 3 is 2.48 bits per heavy atom. The van der Waals surface area contributed by atoms with Crippen LogP contribution in [0.5, 0.6) is 0 Å². The molecule has 2 amide bonds. The summed E-state index contributed by atoms with van der Waals surface area (Å²) in [6, 6.07) is 16.4. The Kier molecular flexibility index (Phi) is 6.08. The first kappa shape index (κ1) is 18.9. The molecule has 1 N–H and O–H groups in total. The standard InChI is InChI=1S/C21H24N2O4/c1-15-8-10-17(11-9-15)22-20(24)19-12-18(26-2)13-23(19)21(25)27-14-16-6-4-3-5-7-16/h3-11,18-19H,12-14H2,1-2H3,(H,22,24). The molecule has 1 saturated heterocycles. The van der Waals surface area contributed by atoms with E-state index in [0.717, 1.165) is 11.1 Å². The first-order valence-electron chi connectivity index (χ1n) is 8.94. The van der Waals surface area contributed by atoms with Gasteiger partial charge in [-0.1, -0.05) is 48.0 Å². The minimum absolute atomic E-state index is 0.167. The van der Waals surface area contributed by atoms with E-state index >= 15 is 0 Å². The van der Waals surface area contributed by atoms with Gasteiger partial charge in [-0.2, -0.15) is 0 Å². The van der Waals surface area contributed by atoms with E-state index in [9.17, 15) is 9.59 Å². The lowest BCUT2D eigenvalue weighted by atomic mass is 10.1. The monoisotopic (exact) mass is 368 g/mol. The minimum atomic E-state index is -0.625. The van der Waals surface area contributed by atoms with Crippen molar-refractivity contribution in [2.45, 2.75) is 32.1 Å². The number of benzene rings is 2. The normalized spacial score (nSPS) is 19.0. The van der Waals surface area contributed by atoms with E-state index in [4.69, 9.17) is 9.47 Å². The summed E-state index contributed by atoms with van der Waals surface area (Å²) in [4.78, 5) is 26.7. The fourth-order valence-corrected chi connectivity index (χ4v) is 3.08. The molecule has 0 saturated carbocycles. The van der Waals surface area contributed by atoms with Gasteiger partial charge in [0.1, 0.15) is 12.6 Å². The van der Waals surface area contributed by atoms with Crippen molar-refractivity contribution in [1.29, 1.82) is 0 Å². The number of nitrogens with zero attached hydrogens (tertiary/aromatic N) is 1. The number of anilines is 1. The fourth-order valence-electron chi connectivity index (χ4n) is 3.08. The second-order valence-electron chi connectivity index (χ2n) is 6.66. The Morgan fingerprint density at radius 1 is 1.11 bits per heavy atom. The predicted octanol–water partition coefficient (Wildman–Crippen LogP) is 3.36. The number of nitrogens with one attached hydrogen (secondary N) is 1. The van der Waals surface area contributed by atoms with Crippen LogP contribution in [0.25, 0.3) is 0 Å². The number of likely N-dealkylation sites (tertiary alicyclic amines) is 1. The van der Waals surface area contributed by atoms with Gasteiger partial charge in [0.25, 0.3) is 0 Å². The van der Waals surface area contributed by atoms with Crippen molar-refractivity contribution < 1.29 is 19.1 Å². The second-order valence-corrected chi connectivity index (χ2v) is 6.66. The summed E-state index contributed by atoms with van der Waals surface area (Å²) >= 11 is 0. The average molecular weight is 368 g/mol. The number of ether oxygens (including phenoxy) is 2. The molecule has 2 aromatic carbocycles. The zero-order chi connectivity index (χ0) is 19.2. The quantitative estimate of drug-likeness (QED) is 0.879. The third-order valence-electron chi connectivity index (χ3n) is 4.66. The zero-order valence-electron chi connectivity index (χ0n) is 15.6. The van der Waals surface area contributed by atoms with Crippen LogP contribution in [0.3, 0.4) is 0 Å². The summed E-state index contributed by atoms with van der Waals surface area (Å²) in [6.07, 6.45) is -0.264. The molecule has 0 spiro atoms. The third kappa shape index (κ3) is 4.86. The summed E-state index contributed by atoms with van der Waals surface area (Å²) in [6.45, 7) is 2.48. The maximum atomic E-state index is 12.7. The van der Waals surface area contributed by atoms with Crippen molar-refractivity contribution in [3.63, 3.8) is 0 Å². The summed E-state index contributed by atoms with van der Waals surface area (Å²) in [5, 5.41) is 2.87. The SMILES string of the molecule is COC1CC(C(=O)Nc2ccc(C)cc2)N(C(=O)OCc2ccccc2)C1.